The first kappa shape index (κ1) is 11.5. The van der Waals surface area contributed by atoms with Gasteiger partial charge in [0.25, 0.3) is 0 Å². The summed E-state index contributed by atoms with van der Waals surface area (Å²) in [5, 5.41) is 4.41. The van der Waals surface area contributed by atoms with Crippen LogP contribution in [0.3, 0.4) is 0 Å². The third kappa shape index (κ3) is 2.35. The van der Waals surface area contributed by atoms with E-state index in [-0.39, 0.29) is 0 Å². The highest BCUT2D eigenvalue weighted by molar-refractivity contribution is 6.31. The minimum atomic E-state index is 0.494. The van der Waals surface area contributed by atoms with E-state index >= 15 is 0 Å². The molecule has 2 aliphatic heterocycles. The molecular weight excluding hydrogens is 234 g/mol. The first-order chi connectivity index (χ1) is 8.34. The second kappa shape index (κ2) is 4.97. The molecule has 2 atom stereocenters. The van der Waals surface area contributed by atoms with E-state index in [4.69, 9.17) is 16.3 Å². The van der Waals surface area contributed by atoms with E-state index < -0.39 is 0 Å². The Morgan fingerprint density at radius 1 is 1.29 bits per heavy atom. The number of hydrogen-bond donors (Lipinski definition) is 1. The van der Waals surface area contributed by atoms with Gasteiger partial charge in [0.05, 0.1) is 6.61 Å². The topological polar surface area (TPSA) is 21.3 Å². The van der Waals surface area contributed by atoms with Gasteiger partial charge in [-0.15, -0.1) is 0 Å². The molecule has 2 heterocycles. The SMILES string of the molecule is Clc1cc(C2CCCN2)ccc1C1CCOC1. The van der Waals surface area contributed by atoms with Crippen LogP contribution in [0, 0.1) is 0 Å². The normalized spacial score (nSPS) is 28.8. The number of ether oxygens (including phenoxy) is 1. The van der Waals surface area contributed by atoms with Crippen molar-refractivity contribution >= 4 is 11.6 Å². The predicted octanol–water partition coefficient (Wildman–Crippen LogP) is 3.27. The summed E-state index contributed by atoms with van der Waals surface area (Å²) in [4.78, 5) is 0. The Bertz CT molecular complexity index is 395. The smallest absolute Gasteiger partial charge is 0.0536 e. The Labute approximate surface area is 107 Å². The lowest BCUT2D eigenvalue weighted by atomic mass is 9.95. The molecule has 3 heteroatoms. The Morgan fingerprint density at radius 2 is 2.24 bits per heavy atom. The third-order valence-electron chi connectivity index (χ3n) is 3.86. The summed E-state index contributed by atoms with van der Waals surface area (Å²) in [6.45, 7) is 2.81. The van der Waals surface area contributed by atoms with Crippen LogP contribution < -0.4 is 5.32 Å². The molecule has 0 aliphatic carbocycles. The van der Waals surface area contributed by atoms with Gasteiger partial charge in [0.2, 0.25) is 0 Å². The third-order valence-corrected chi connectivity index (χ3v) is 4.18. The molecule has 0 saturated carbocycles. The van der Waals surface area contributed by atoms with Crippen molar-refractivity contribution in [2.75, 3.05) is 19.8 Å². The maximum Gasteiger partial charge on any atom is 0.0536 e. The van der Waals surface area contributed by atoms with E-state index in [2.05, 4.69) is 23.5 Å². The van der Waals surface area contributed by atoms with Crippen molar-refractivity contribution in [1.29, 1.82) is 0 Å². The number of hydrogen-bond acceptors (Lipinski definition) is 2. The zero-order valence-corrected chi connectivity index (χ0v) is 10.7. The average molecular weight is 252 g/mol. The quantitative estimate of drug-likeness (QED) is 0.871. The summed E-state index contributed by atoms with van der Waals surface area (Å²) < 4.78 is 5.43. The molecule has 2 aliphatic rings. The van der Waals surface area contributed by atoms with Gasteiger partial charge in [-0.05, 0) is 43.0 Å². The Hall–Kier alpha value is -0.570. The van der Waals surface area contributed by atoms with E-state index in [9.17, 15) is 0 Å². The van der Waals surface area contributed by atoms with Crippen molar-refractivity contribution < 1.29 is 4.74 Å². The van der Waals surface area contributed by atoms with Crippen molar-refractivity contribution in [3.63, 3.8) is 0 Å². The summed E-state index contributed by atoms with van der Waals surface area (Å²) in [6, 6.07) is 7.05. The molecule has 3 rings (SSSR count). The molecule has 0 amide bonds. The fourth-order valence-electron chi connectivity index (χ4n) is 2.84. The zero-order valence-electron chi connectivity index (χ0n) is 9.92. The molecule has 0 bridgehead atoms. The molecule has 2 nitrogen and oxygen atoms in total. The predicted molar refractivity (Wildman–Crippen MR) is 69.6 cm³/mol. The van der Waals surface area contributed by atoms with Crippen molar-refractivity contribution in [3.8, 4) is 0 Å². The molecule has 2 unspecified atom stereocenters. The number of benzene rings is 1. The molecule has 1 N–H and O–H groups in total. The largest absolute Gasteiger partial charge is 0.381 e. The molecule has 1 aromatic carbocycles. The van der Waals surface area contributed by atoms with Gasteiger partial charge < -0.3 is 10.1 Å². The van der Waals surface area contributed by atoms with Crippen LogP contribution in [0.15, 0.2) is 18.2 Å². The lowest BCUT2D eigenvalue weighted by Crippen LogP contribution is -2.13. The molecule has 2 fully saturated rings. The van der Waals surface area contributed by atoms with Crippen LogP contribution in [0.1, 0.15) is 42.3 Å². The number of rotatable bonds is 2. The fraction of sp³-hybridized carbons (Fsp3) is 0.571. The highest BCUT2D eigenvalue weighted by Crippen LogP contribution is 2.33. The highest BCUT2D eigenvalue weighted by atomic mass is 35.5. The van der Waals surface area contributed by atoms with E-state index in [0.717, 1.165) is 31.2 Å². The minimum Gasteiger partial charge on any atom is -0.381 e. The van der Waals surface area contributed by atoms with Gasteiger partial charge >= 0.3 is 0 Å². The molecule has 0 spiro atoms. The lowest BCUT2D eigenvalue weighted by molar-refractivity contribution is 0.194. The molecule has 17 heavy (non-hydrogen) atoms. The van der Waals surface area contributed by atoms with Crippen molar-refractivity contribution in [3.05, 3.63) is 34.3 Å². The minimum absolute atomic E-state index is 0.494. The first-order valence-electron chi connectivity index (χ1n) is 6.45. The van der Waals surface area contributed by atoms with Gasteiger partial charge in [0.1, 0.15) is 0 Å². The van der Waals surface area contributed by atoms with Gasteiger partial charge in [0.15, 0.2) is 0 Å². The van der Waals surface area contributed by atoms with Crippen molar-refractivity contribution in [2.45, 2.75) is 31.2 Å². The van der Waals surface area contributed by atoms with Crippen LogP contribution in [-0.4, -0.2) is 19.8 Å². The summed E-state index contributed by atoms with van der Waals surface area (Å²) in [6.07, 6.45) is 3.59. The number of halogens is 1. The van der Waals surface area contributed by atoms with Crippen LogP contribution in [-0.2, 0) is 4.74 Å². The highest BCUT2D eigenvalue weighted by Gasteiger charge is 2.22. The standard InChI is InChI=1S/C14H18ClNO/c15-13-8-10(14-2-1-6-16-14)3-4-12(13)11-5-7-17-9-11/h3-4,8,11,14,16H,1-2,5-7,9H2. The van der Waals surface area contributed by atoms with Gasteiger partial charge in [-0.2, -0.15) is 0 Å². The monoisotopic (exact) mass is 251 g/mol. The second-order valence-corrected chi connectivity index (χ2v) is 5.40. The van der Waals surface area contributed by atoms with Crippen molar-refractivity contribution in [1.82, 2.24) is 5.32 Å². The van der Waals surface area contributed by atoms with Crippen LogP contribution in [0.2, 0.25) is 5.02 Å². The van der Waals surface area contributed by atoms with Crippen LogP contribution in [0.4, 0.5) is 0 Å². The van der Waals surface area contributed by atoms with Gasteiger partial charge in [-0.1, -0.05) is 23.7 Å². The van der Waals surface area contributed by atoms with Crippen LogP contribution in [0.25, 0.3) is 0 Å². The summed E-state index contributed by atoms with van der Waals surface area (Å²) in [5.41, 5.74) is 2.58. The summed E-state index contributed by atoms with van der Waals surface area (Å²) in [5.74, 6) is 0.494. The summed E-state index contributed by atoms with van der Waals surface area (Å²) >= 11 is 6.40. The lowest BCUT2D eigenvalue weighted by Gasteiger charge is -2.15. The molecule has 1 aromatic rings. The first-order valence-corrected chi connectivity index (χ1v) is 6.83. The van der Waals surface area contributed by atoms with E-state index in [1.807, 2.05) is 0 Å². The molecule has 0 aromatic heterocycles. The van der Waals surface area contributed by atoms with E-state index in [1.54, 1.807) is 0 Å². The fourth-order valence-corrected chi connectivity index (χ4v) is 3.18. The zero-order chi connectivity index (χ0) is 11.7. The molecule has 2 saturated heterocycles. The van der Waals surface area contributed by atoms with Crippen LogP contribution >= 0.6 is 11.6 Å². The second-order valence-electron chi connectivity index (χ2n) is 4.99. The van der Waals surface area contributed by atoms with E-state index in [1.165, 1.54) is 24.0 Å². The summed E-state index contributed by atoms with van der Waals surface area (Å²) in [7, 11) is 0. The van der Waals surface area contributed by atoms with E-state index in [0.29, 0.717) is 12.0 Å². The Morgan fingerprint density at radius 3 is 2.88 bits per heavy atom. The Balaban J connectivity index is 1.82. The molecule has 92 valence electrons. The van der Waals surface area contributed by atoms with Crippen molar-refractivity contribution in [2.24, 2.45) is 0 Å². The number of nitrogens with one attached hydrogen (secondary N) is 1. The molecule has 0 radical (unpaired) electrons. The maximum atomic E-state index is 6.40. The maximum absolute atomic E-state index is 6.40. The molecular formula is C14H18ClNO. The van der Waals surface area contributed by atoms with Gasteiger partial charge in [-0.3, -0.25) is 0 Å². The van der Waals surface area contributed by atoms with Gasteiger partial charge in [0, 0.05) is 23.6 Å². The van der Waals surface area contributed by atoms with Gasteiger partial charge in [-0.25, -0.2) is 0 Å². The average Bonchev–Trinajstić information content (AvgIpc) is 3.02. The van der Waals surface area contributed by atoms with Crippen LogP contribution in [0.5, 0.6) is 0 Å². The Kier molecular flexibility index (Phi) is 3.37.